The topological polar surface area (TPSA) is 86.6 Å². The Balaban J connectivity index is 1.99. The van der Waals surface area contributed by atoms with E-state index in [1.165, 1.54) is 13.3 Å². The molecular weight excluding hydrogens is 348 g/mol. The van der Waals surface area contributed by atoms with Crippen LogP contribution in [0.5, 0.6) is 5.75 Å². The number of aromatic nitrogens is 1. The number of rotatable bonds is 5. The van der Waals surface area contributed by atoms with E-state index in [0.717, 1.165) is 4.68 Å². The highest BCUT2D eigenvalue weighted by Gasteiger charge is 2.16. The minimum Gasteiger partial charge on any atom is -0.494 e. The number of ether oxygens (including phenoxy) is 2. The van der Waals surface area contributed by atoms with Crippen molar-refractivity contribution in [2.45, 2.75) is 6.92 Å². The summed E-state index contributed by atoms with van der Waals surface area (Å²) in [6, 6.07) is 13.2. The summed E-state index contributed by atoms with van der Waals surface area (Å²) in [5.74, 6) is -0.452. The van der Waals surface area contributed by atoms with Gasteiger partial charge in [0.25, 0.3) is 11.5 Å². The first-order valence-corrected chi connectivity index (χ1v) is 8.32. The second-order valence-electron chi connectivity index (χ2n) is 5.65. The van der Waals surface area contributed by atoms with Gasteiger partial charge in [-0.1, -0.05) is 18.2 Å². The van der Waals surface area contributed by atoms with E-state index in [1.54, 1.807) is 48.5 Å². The Kier molecular flexibility index (Phi) is 5.21. The molecule has 138 valence electrons. The van der Waals surface area contributed by atoms with Gasteiger partial charge >= 0.3 is 5.97 Å². The van der Waals surface area contributed by atoms with E-state index in [4.69, 9.17) is 9.47 Å². The smallest absolute Gasteiger partial charge is 0.340 e. The molecule has 0 saturated heterocycles. The monoisotopic (exact) mass is 366 g/mol. The molecular formula is C20H18N2O5. The summed E-state index contributed by atoms with van der Waals surface area (Å²) in [5.41, 5.74) is 2.59. The van der Waals surface area contributed by atoms with E-state index in [-0.39, 0.29) is 5.56 Å². The fourth-order valence-corrected chi connectivity index (χ4v) is 2.69. The zero-order valence-electron chi connectivity index (χ0n) is 14.9. The third-order valence-electron chi connectivity index (χ3n) is 3.98. The Morgan fingerprint density at radius 2 is 1.70 bits per heavy atom. The van der Waals surface area contributed by atoms with Crippen LogP contribution in [0.1, 0.15) is 27.6 Å². The number of benzene rings is 2. The Labute approximate surface area is 155 Å². The summed E-state index contributed by atoms with van der Waals surface area (Å²) in [6.07, 6.45) is 1.27. The molecule has 0 atom stereocenters. The highest BCUT2D eigenvalue weighted by molar-refractivity contribution is 6.04. The first kappa shape index (κ1) is 18.2. The molecule has 1 aromatic heterocycles. The van der Waals surface area contributed by atoms with E-state index < -0.39 is 17.4 Å². The van der Waals surface area contributed by atoms with Crippen molar-refractivity contribution in [3.05, 3.63) is 76.2 Å². The molecule has 0 spiro atoms. The van der Waals surface area contributed by atoms with Crippen LogP contribution in [-0.2, 0) is 4.74 Å². The molecule has 0 radical (unpaired) electrons. The molecule has 0 saturated carbocycles. The molecule has 1 N–H and O–H groups in total. The maximum Gasteiger partial charge on any atom is 0.340 e. The Morgan fingerprint density at radius 1 is 1.04 bits per heavy atom. The molecule has 2 aromatic carbocycles. The predicted octanol–water partition coefficient (Wildman–Crippen LogP) is 2.57. The molecule has 0 aliphatic heterocycles. The molecule has 0 aliphatic rings. The fourth-order valence-electron chi connectivity index (χ4n) is 2.69. The number of amides is 1. The highest BCUT2D eigenvalue weighted by atomic mass is 16.5. The molecule has 27 heavy (non-hydrogen) atoms. The van der Waals surface area contributed by atoms with Crippen molar-refractivity contribution in [1.29, 1.82) is 0 Å². The number of methoxy groups -OCH3 is 1. The van der Waals surface area contributed by atoms with Gasteiger partial charge in [-0.05, 0) is 37.3 Å². The number of hydrogen-bond donors (Lipinski definition) is 1. The molecule has 1 heterocycles. The van der Waals surface area contributed by atoms with Crippen LogP contribution in [0.4, 0.5) is 0 Å². The lowest BCUT2D eigenvalue weighted by atomic mass is 10.1. The van der Waals surface area contributed by atoms with Crippen LogP contribution in [0.3, 0.4) is 0 Å². The third kappa shape index (κ3) is 3.67. The lowest BCUT2D eigenvalue weighted by molar-refractivity contribution is 0.0601. The van der Waals surface area contributed by atoms with Crippen LogP contribution in [0.25, 0.3) is 10.8 Å². The van der Waals surface area contributed by atoms with Gasteiger partial charge in [-0.3, -0.25) is 15.0 Å². The molecule has 0 unspecified atom stereocenters. The predicted molar refractivity (Wildman–Crippen MR) is 101 cm³/mol. The molecule has 3 rings (SSSR count). The van der Waals surface area contributed by atoms with Crippen molar-refractivity contribution in [3.63, 3.8) is 0 Å². The highest BCUT2D eigenvalue weighted by Crippen LogP contribution is 2.16. The van der Waals surface area contributed by atoms with E-state index in [1.807, 2.05) is 6.92 Å². The van der Waals surface area contributed by atoms with E-state index >= 15 is 0 Å². The zero-order valence-corrected chi connectivity index (χ0v) is 14.9. The Hall–Kier alpha value is -3.61. The number of hydrogen-bond acceptors (Lipinski definition) is 5. The molecule has 7 heteroatoms. The van der Waals surface area contributed by atoms with Crippen molar-refractivity contribution < 1.29 is 19.1 Å². The number of nitrogens with zero attached hydrogens (tertiary/aromatic N) is 1. The number of esters is 1. The average Bonchev–Trinajstić information content (AvgIpc) is 2.70. The molecule has 0 aliphatic carbocycles. The first-order valence-electron chi connectivity index (χ1n) is 8.32. The largest absolute Gasteiger partial charge is 0.494 e. The standard InChI is InChI=1S/C20H18N2O5/c1-3-27-14-10-8-13(9-11-14)18(23)21-22-12-17(20(25)26-2)15-6-4-5-7-16(15)19(22)24/h4-12H,3H2,1-2H3,(H,21,23). The van der Waals surface area contributed by atoms with Crippen molar-refractivity contribution in [2.75, 3.05) is 19.1 Å². The second kappa shape index (κ2) is 7.74. The van der Waals surface area contributed by atoms with Gasteiger partial charge in [0, 0.05) is 22.5 Å². The van der Waals surface area contributed by atoms with Crippen molar-refractivity contribution in [1.82, 2.24) is 4.68 Å². The summed E-state index contributed by atoms with van der Waals surface area (Å²) in [4.78, 5) is 37.2. The van der Waals surface area contributed by atoms with Gasteiger partial charge in [0.15, 0.2) is 0 Å². The quantitative estimate of drug-likeness (QED) is 0.702. The van der Waals surface area contributed by atoms with Gasteiger partial charge < -0.3 is 9.47 Å². The molecule has 7 nitrogen and oxygen atoms in total. The van der Waals surface area contributed by atoms with Gasteiger partial charge in [0.1, 0.15) is 5.75 Å². The summed E-state index contributed by atoms with van der Waals surface area (Å²) in [5, 5.41) is 0.758. The van der Waals surface area contributed by atoms with Crippen LogP contribution in [0.2, 0.25) is 0 Å². The minimum atomic E-state index is -0.602. The lowest BCUT2D eigenvalue weighted by Crippen LogP contribution is -2.33. The normalized spacial score (nSPS) is 10.4. The van der Waals surface area contributed by atoms with Gasteiger partial charge in [-0.2, -0.15) is 0 Å². The van der Waals surface area contributed by atoms with Crippen LogP contribution in [0.15, 0.2) is 59.5 Å². The van der Waals surface area contributed by atoms with Gasteiger partial charge in [0.2, 0.25) is 0 Å². The SMILES string of the molecule is CCOc1ccc(C(=O)Nn2cc(C(=O)OC)c3ccccc3c2=O)cc1. The Morgan fingerprint density at radius 3 is 2.33 bits per heavy atom. The van der Waals surface area contributed by atoms with Crippen LogP contribution in [0, 0.1) is 0 Å². The summed E-state index contributed by atoms with van der Waals surface area (Å²) in [6.45, 7) is 2.39. The molecule has 0 fully saturated rings. The molecule has 1 amide bonds. The number of nitrogens with one attached hydrogen (secondary N) is 1. The van der Waals surface area contributed by atoms with Crippen LogP contribution in [-0.4, -0.2) is 30.3 Å². The summed E-state index contributed by atoms with van der Waals surface area (Å²) < 4.78 is 11.1. The zero-order chi connectivity index (χ0) is 19.4. The fraction of sp³-hybridized carbons (Fsp3) is 0.150. The van der Waals surface area contributed by atoms with E-state index in [9.17, 15) is 14.4 Å². The van der Waals surface area contributed by atoms with Crippen LogP contribution < -0.4 is 15.7 Å². The van der Waals surface area contributed by atoms with Gasteiger partial charge in [0.05, 0.1) is 19.3 Å². The number of pyridine rings is 1. The van der Waals surface area contributed by atoms with Gasteiger partial charge in [-0.25, -0.2) is 9.47 Å². The third-order valence-corrected chi connectivity index (χ3v) is 3.98. The van der Waals surface area contributed by atoms with Crippen molar-refractivity contribution in [2.24, 2.45) is 0 Å². The van der Waals surface area contributed by atoms with E-state index in [2.05, 4.69) is 5.43 Å². The Bertz CT molecular complexity index is 1050. The lowest BCUT2D eigenvalue weighted by Gasteiger charge is -2.12. The minimum absolute atomic E-state index is 0.180. The number of fused-ring (bicyclic) bond motifs is 1. The second-order valence-corrected chi connectivity index (χ2v) is 5.65. The summed E-state index contributed by atoms with van der Waals surface area (Å²) in [7, 11) is 1.26. The van der Waals surface area contributed by atoms with E-state index in [0.29, 0.717) is 28.7 Å². The number of carbonyl (C=O) groups excluding carboxylic acids is 2. The maximum atomic E-state index is 12.7. The van der Waals surface area contributed by atoms with Crippen LogP contribution >= 0.6 is 0 Å². The average molecular weight is 366 g/mol. The number of carbonyl (C=O) groups is 2. The molecule has 3 aromatic rings. The van der Waals surface area contributed by atoms with Crippen molar-refractivity contribution >= 4 is 22.6 Å². The first-order chi connectivity index (χ1) is 13.0. The maximum absolute atomic E-state index is 12.7. The van der Waals surface area contributed by atoms with Crippen molar-refractivity contribution in [3.8, 4) is 5.75 Å². The van der Waals surface area contributed by atoms with Gasteiger partial charge in [-0.15, -0.1) is 0 Å². The molecule has 0 bridgehead atoms. The summed E-state index contributed by atoms with van der Waals surface area (Å²) >= 11 is 0.